The summed E-state index contributed by atoms with van der Waals surface area (Å²) in [6.07, 6.45) is 3.79. The van der Waals surface area contributed by atoms with Crippen LogP contribution in [0, 0.1) is 0 Å². The van der Waals surface area contributed by atoms with Gasteiger partial charge in [0.05, 0.1) is 11.7 Å². The Balaban J connectivity index is 1.74. The van der Waals surface area contributed by atoms with Gasteiger partial charge in [-0.05, 0) is 30.3 Å². The molecule has 5 heteroatoms. The molecule has 2 heterocycles. The third kappa shape index (κ3) is 3.02. The van der Waals surface area contributed by atoms with Crippen LogP contribution in [0.2, 0.25) is 0 Å². The Morgan fingerprint density at radius 2 is 2.05 bits per heavy atom. The Morgan fingerprint density at radius 3 is 2.90 bits per heavy atom. The zero-order chi connectivity index (χ0) is 14.7. The molecular weight excluding hydrogens is 264 g/mol. The number of benzene rings is 1. The highest BCUT2D eigenvalue weighted by Crippen LogP contribution is 2.17. The van der Waals surface area contributed by atoms with Crippen LogP contribution >= 0.6 is 0 Å². The summed E-state index contributed by atoms with van der Waals surface area (Å²) in [6, 6.07) is 13.6. The van der Waals surface area contributed by atoms with Crippen molar-refractivity contribution in [3.63, 3.8) is 0 Å². The average molecular weight is 280 g/mol. The summed E-state index contributed by atoms with van der Waals surface area (Å²) in [5.41, 5.74) is 3.95. The van der Waals surface area contributed by atoms with Crippen molar-refractivity contribution in [2.24, 2.45) is 0 Å². The lowest BCUT2D eigenvalue weighted by Crippen LogP contribution is -2.06. The zero-order valence-electron chi connectivity index (χ0n) is 11.7. The number of amides is 1. The van der Waals surface area contributed by atoms with Crippen LogP contribution in [-0.2, 0) is 11.3 Å². The average Bonchev–Trinajstić information content (AvgIpc) is 2.88. The van der Waals surface area contributed by atoms with Gasteiger partial charge in [0.1, 0.15) is 0 Å². The highest BCUT2D eigenvalue weighted by molar-refractivity contribution is 5.89. The van der Waals surface area contributed by atoms with Gasteiger partial charge in [-0.2, -0.15) is 5.10 Å². The second-order valence-corrected chi connectivity index (χ2v) is 4.82. The number of fused-ring (bicyclic) bond motifs is 1. The number of pyridine rings is 1. The molecule has 1 amide bonds. The fraction of sp³-hybridized carbons (Fsp3) is 0.125. The van der Waals surface area contributed by atoms with Crippen LogP contribution in [-0.4, -0.2) is 15.5 Å². The second-order valence-electron chi connectivity index (χ2n) is 4.82. The van der Waals surface area contributed by atoms with Crippen LogP contribution in [0.3, 0.4) is 0 Å². The molecule has 0 atom stereocenters. The maximum atomic E-state index is 11.1. The Bertz CT molecular complexity index is 779. The Kier molecular flexibility index (Phi) is 3.55. The minimum Gasteiger partial charge on any atom is -0.381 e. The fourth-order valence-electron chi connectivity index (χ4n) is 2.23. The molecule has 2 N–H and O–H groups in total. The molecule has 0 spiro atoms. The van der Waals surface area contributed by atoms with Gasteiger partial charge in [-0.15, -0.1) is 0 Å². The molecule has 0 radical (unpaired) electrons. The number of hydrogen-bond donors (Lipinski definition) is 2. The molecular formula is C16H16N4O. The molecule has 106 valence electrons. The number of rotatable bonds is 4. The third-order valence-corrected chi connectivity index (χ3v) is 3.17. The van der Waals surface area contributed by atoms with Crippen molar-refractivity contribution in [3.05, 3.63) is 60.4 Å². The molecule has 0 saturated carbocycles. The first-order chi connectivity index (χ1) is 10.2. The summed E-state index contributed by atoms with van der Waals surface area (Å²) in [5, 5.41) is 10.4. The maximum absolute atomic E-state index is 11.1. The summed E-state index contributed by atoms with van der Waals surface area (Å²) < 4.78 is 1.85. The SMILES string of the molecule is CC(=O)Nc1cccc(NCc2cnn3ccccc23)c1. The first-order valence-corrected chi connectivity index (χ1v) is 6.75. The van der Waals surface area contributed by atoms with Crippen molar-refractivity contribution in [3.8, 4) is 0 Å². The van der Waals surface area contributed by atoms with E-state index in [2.05, 4.69) is 15.7 Å². The monoisotopic (exact) mass is 280 g/mol. The van der Waals surface area contributed by atoms with Crippen molar-refractivity contribution < 1.29 is 4.79 Å². The predicted octanol–water partition coefficient (Wildman–Crippen LogP) is 2.90. The lowest BCUT2D eigenvalue weighted by atomic mass is 10.2. The van der Waals surface area contributed by atoms with Crippen LogP contribution in [0.25, 0.3) is 5.52 Å². The van der Waals surface area contributed by atoms with Gasteiger partial charge in [-0.3, -0.25) is 4.79 Å². The van der Waals surface area contributed by atoms with Gasteiger partial charge < -0.3 is 10.6 Å². The maximum Gasteiger partial charge on any atom is 0.221 e. The summed E-state index contributed by atoms with van der Waals surface area (Å²) in [5.74, 6) is -0.0743. The number of anilines is 2. The van der Waals surface area contributed by atoms with E-state index in [1.807, 2.05) is 59.4 Å². The number of hydrogen-bond acceptors (Lipinski definition) is 3. The van der Waals surface area contributed by atoms with E-state index >= 15 is 0 Å². The van der Waals surface area contributed by atoms with Gasteiger partial charge in [-0.25, -0.2) is 4.52 Å². The van der Waals surface area contributed by atoms with Gasteiger partial charge in [0.15, 0.2) is 0 Å². The zero-order valence-corrected chi connectivity index (χ0v) is 11.7. The minimum absolute atomic E-state index is 0.0743. The molecule has 0 fully saturated rings. The van der Waals surface area contributed by atoms with E-state index in [1.54, 1.807) is 0 Å². The van der Waals surface area contributed by atoms with Crippen LogP contribution in [0.15, 0.2) is 54.9 Å². The van der Waals surface area contributed by atoms with Gasteiger partial charge >= 0.3 is 0 Å². The molecule has 0 aliphatic rings. The molecule has 0 bridgehead atoms. The second kappa shape index (κ2) is 5.66. The van der Waals surface area contributed by atoms with Gasteiger partial charge in [0.2, 0.25) is 5.91 Å². The van der Waals surface area contributed by atoms with E-state index in [4.69, 9.17) is 0 Å². The molecule has 3 rings (SSSR count). The van der Waals surface area contributed by atoms with Crippen LogP contribution in [0.1, 0.15) is 12.5 Å². The Morgan fingerprint density at radius 1 is 1.19 bits per heavy atom. The molecule has 0 unspecified atom stereocenters. The Labute approximate surface area is 122 Å². The van der Waals surface area contributed by atoms with Crippen molar-refractivity contribution in [2.45, 2.75) is 13.5 Å². The van der Waals surface area contributed by atoms with E-state index in [9.17, 15) is 4.79 Å². The summed E-state index contributed by atoms with van der Waals surface area (Å²) in [7, 11) is 0. The standard InChI is InChI=1S/C16H16N4O/c1-12(21)19-15-6-4-5-14(9-15)17-10-13-11-18-20-8-3-2-7-16(13)20/h2-9,11,17H,10H2,1H3,(H,19,21). The van der Waals surface area contributed by atoms with Crippen molar-refractivity contribution in [1.82, 2.24) is 9.61 Å². The van der Waals surface area contributed by atoms with Gasteiger partial charge in [0, 0.05) is 36.6 Å². The topological polar surface area (TPSA) is 58.4 Å². The van der Waals surface area contributed by atoms with Crippen molar-refractivity contribution in [1.29, 1.82) is 0 Å². The molecule has 21 heavy (non-hydrogen) atoms. The van der Waals surface area contributed by atoms with Crippen LogP contribution in [0.4, 0.5) is 11.4 Å². The summed E-state index contributed by atoms with van der Waals surface area (Å²) in [6.45, 7) is 2.18. The molecule has 2 aromatic heterocycles. The smallest absolute Gasteiger partial charge is 0.221 e. The molecule has 3 aromatic rings. The summed E-state index contributed by atoms with van der Waals surface area (Å²) in [4.78, 5) is 11.1. The Hall–Kier alpha value is -2.82. The van der Waals surface area contributed by atoms with Crippen molar-refractivity contribution >= 4 is 22.8 Å². The fourth-order valence-corrected chi connectivity index (χ4v) is 2.23. The van der Waals surface area contributed by atoms with Crippen molar-refractivity contribution in [2.75, 3.05) is 10.6 Å². The minimum atomic E-state index is -0.0743. The number of carbonyl (C=O) groups is 1. The number of carbonyl (C=O) groups excluding carboxylic acids is 1. The molecule has 1 aromatic carbocycles. The van der Waals surface area contributed by atoms with Crippen LogP contribution < -0.4 is 10.6 Å². The normalized spacial score (nSPS) is 10.5. The van der Waals surface area contributed by atoms with E-state index in [-0.39, 0.29) is 5.91 Å². The number of aromatic nitrogens is 2. The first-order valence-electron chi connectivity index (χ1n) is 6.75. The van der Waals surface area contributed by atoms with Gasteiger partial charge in [0.25, 0.3) is 0 Å². The van der Waals surface area contributed by atoms with Gasteiger partial charge in [-0.1, -0.05) is 12.1 Å². The van der Waals surface area contributed by atoms with Crippen LogP contribution in [0.5, 0.6) is 0 Å². The molecule has 5 nitrogen and oxygen atoms in total. The quantitative estimate of drug-likeness (QED) is 0.772. The number of nitrogens with one attached hydrogen (secondary N) is 2. The molecule has 0 aliphatic carbocycles. The predicted molar refractivity (Wildman–Crippen MR) is 83.3 cm³/mol. The summed E-state index contributed by atoms with van der Waals surface area (Å²) >= 11 is 0. The lowest BCUT2D eigenvalue weighted by Gasteiger charge is -2.08. The first kappa shape index (κ1) is 13.2. The largest absolute Gasteiger partial charge is 0.381 e. The number of nitrogens with zero attached hydrogens (tertiary/aromatic N) is 2. The van der Waals surface area contributed by atoms with E-state index < -0.39 is 0 Å². The van der Waals surface area contributed by atoms with E-state index in [0.29, 0.717) is 6.54 Å². The molecule has 0 aliphatic heterocycles. The van der Waals surface area contributed by atoms with E-state index in [0.717, 1.165) is 22.5 Å². The highest BCUT2D eigenvalue weighted by Gasteiger charge is 2.03. The third-order valence-electron chi connectivity index (χ3n) is 3.17. The highest BCUT2D eigenvalue weighted by atomic mass is 16.1. The van der Waals surface area contributed by atoms with E-state index in [1.165, 1.54) is 6.92 Å². The molecule has 0 saturated heterocycles. The lowest BCUT2D eigenvalue weighted by molar-refractivity contribution is -0.114.